The van der Waals surface area contributed by atoms with Crippen molar-refractivity contribution in [2.75, 3.05) is 5.32 Å². The molecule has 1 amide bonds. The molecule has 0 fully saturated rings. The molecule has 0 saturated carbocycles. The maximum Gasteiger partial charge on any atom is 0.256 e. The van der Waals surface area contributed by atoms with Gasteiger partial charge in [0.25, 0.3) is 5.91 Å². The summed E-state index contributed by atoms with van der Waals surface area (Å²) in [5.41, 5.74) is 6.03. The van der Waals surface area contributed by atoms with Crippen molar-refractivity contribution in [2.45, 2.75) is 53.6 Å². The van der Waals surface area contributed by atoms with E-state index in [0.29, 0.717) is 17.8 Å². The highest BCUT2D eigenvalue weighted by Gasteiger charge is 2.19. The van der Waals surface area contributed by atoms with E-state index in [4.69, 9.17) is 0 Å². The van der Waals surface area contributed by atoms with E-state index >= 15 is 0 Å². The number of aromatic nitrogens is 5. The highest BCUT2D eigenvalue weighted by molar-refractivity contribution is 6.12. The highest BCUT2D eigenvalue weighted by Crippen LogP contribution is 2.24. The zero-order chi connectivity index (χ0) is 22.0. The largest absolute Gasteiger partial charge is 0.319 e. The van der Waals surface area contributed by atoms with Gasteiger partial charge in [0.15, 0.2) is 5.65 Å². The fourth-order valence-electron chi connectivity index (χ4n) is 3.72. The molecular weight excluding hydrogens is 388 g/mol. The van der Waals surface area contributed by atoms with E-state index in [-0.39, 0.29) is 5.91 Å². The monoisotopic (exact) mass is 416 g/mol. The molecular formula is C24H28N6O. The molecule has 0 saturated heterocycles. The first-order valence-electron chi connectivity index (χ1n) is 10.7. The van der Waals surface area contributed by atoms with Crippen molar-refractivity contribution in [2.24, 2.45) is 0 Å². The van der Waals surface area contributed by atoms with E-state index in [1.807, 2.05) is 35.5 Å². The molecule has 0 aliphatic rings. The molecule has 0 aliphatic heterocycles. The lowest BCUT2D eigenvalue weighted by molar-refractivity contribution is 0.102. The molecule has 0 radical (unpaired) electrons. The van der Waals surface area contributed by atoms with Gasteiger partial charge in [-0.05, 0) is 38.8 Å². The first-order chi connectivity index (χ1) is 14.9. The minimum Gasteiger partial charge on any atom is -0.319 e. The molecule has 0 atom stereocenters. The Hall–Kier alpha value is -3.48. The lowest BCUT2D eigenvalue weighted by Gasteiger charge is -2.07. The van der Waals surface area contributed by atoms with Crippen molar-refractivity contribution in [3.05, 3.63) is 70.8 Å². The quantitative estimate of drug-likeness (QED) is 0.476. The maximum absolute atomic E-state index is 13.1. The molecule has 1 aromatic carbocycles. The summed E-state index contributed by atoms with van der Waals surface area (Å²) >= 11 is 0. The van der Waals surface area contributed by atoms with Crippen molar-refractivity contribution in [1.29, 1.82) is 0 Å². The third-order valence-electron chi connectivity index (χ3n) is 5.33. The summed E-state index contributed by atoms with van der Waals surface area (Å²) in [4.78, 5) is 17.8. The molecule has 1 N–H and O–H groups in total. The van der Waals surface area contributed by atoms with E-state index < -0.39 is 0 Å². The average molecular weight is 417 g/mol. The van der Waals surface area contributed by atoms with E-state index in [1.165, 1.54) is 5.56 Å². The van der Waals surface area contributed by atoms with E-state index in [0.717, 1.165) is 47.4 Å². The standard InChI is InChI=1S/C24H28N6O/c1-5-6-11-30-23-22(18(4)28-30)21(12-17(3)26-23)24(31)27-20-13-25-29(15-20)14-19-9-7-16(2)8-10-19/h7-10,12-13,15H,5-6,11,14H2,1-4H3,(H,27,31). The summed E-state index contributed by atoms with van der Waals surface area (Å²) in [6.45, 7) is 9.50. The number of unbranched alkanes of at least 4 members (excludes halogenated alkanes) is 1. The van der Waals surface area contributed by atoms with Crippen LogP contribution in [0.25, 0.3) is 11.0 Å². The number of amides is 1. The summed E-state index contributed by atoms with van der Waals surface area (Å²) in [7, 11) is 0. The zero-order valence-corrected chi connectivity index (χ0v) is 18.5. The summed E-state index contributed by atoms with van der Waals surface area (Å²) in [5.74, 6) is -0.177. The number of carbonyl (C=O) groups excluding carboxylic acids is 1. The number of pyridine rings is 1. The Morgan fingerprint density at radius 2 is 1.90 bits per heavy atom. The number of aryl methyl sites for hydroxylation is 4. The van der Waals surface area contributed by atoms with Crippen LogP contribution in [0.15, 0.2) is 42.7 Å². The lowest BCUT2D eigenvalue weighted by atomic mass is 10.1. The van der Waals surface area contributed by atoms with Gasteiger partial charge in [-0.3, -0.25) is 9.48 Å². The van der Waals surface area contributed by atoms with Crippen molar-refractivity contribution in [3.63, 3.8) is 0 Å². The Morgan fingerprint density at radius 3 is 2.65 bits per heavy atom. The van der Waals surface area contributed by atoms with Gasteiger partial charge in [-0.1, -0.05) is 43.2 Å². The lowest BCUT2D eigenvalue weighted by Crippen LogP contribution is -2.13. The summed E-state index contributed by atoms with van der Waals surface area (Å²) in [6.07, 6.45) is 5.62. The number of hydrogen-bond donors (Lipinski definition) is 1. The van der Waals surface area contributed by atoms with Crippen LogP contribution in [0.2, 0.25) is 0 Å². The van der Waals surface area contributed by atoms with Gasteiger partial charge < -0.3 is 5.32 Å². The number of nitrogens with one attached hydrogen (secondary N) is 1. The fourth-order valence-corrected chi connectivity index (χ4v) is 3.72. The van der Waals surface area contributed by atoms with Crippen LogP contribution in [0, 0.1) is 20.8 Å². The SMILES string of the molecule is CCCCn1nc(C)c2c(C(=O)Nc3cnn(Cc4ccc(C)cc4)c3)cc(C)nc21. The number of benzene rings is 1. The summed E-state index contributed by atoms with van der Waals surface area (Å²) in [5, 5.41) is 12.8. The van der Waals surface area contributed by atoms with Crippen LogP contribution >= 0.6 is 0 Å². The smallest absolute Gasteiger partial charge is 0.256 e. The molecule has 4 aromatic rings. The van der Waals surface area contributed by atoms with Gasteiger partial charge in [0.2, 0.25) is 0 Å². The predicted molar refractivity (Wildman–Crippen MR) is 122 cm³/mol. The molecule has 0 spiro atoms. The summed E-state index contributed by atoms with van der Waals surface area (Å²) in [6, 6.07) is 10.2. The van der Waals surface area contributed by atoms with Crippen molar-refractivity contribution >= 4 is 22.6 Å². The topological polar surface area (TPSA) is 77.6 Å². The van der Waals surface area contributed by atoms with E-state index in [1.54, 1.807) is 6.20 Å². The van der Waals surface area contributed by atoms with Gasteiger partial charge in [0.1, 0.15) is 0 Å². The zero-order valence-electron chi connectivity index (χ0n) is 18.5. The Labute approximate surface area is 182 Å². The average Bonchev–Trinajstić information content (AvgIpc) is 3.31. The molecule has 0 bridgehead atoms. The maximum atomic E-state index is 13.1. The van der Waals surface area contributed by atoms with Gasteiger partial charge >= 0.3 is 0 Å². The normalized spacial score (nSPS) is 11.2. The Bertz CT molecular complexity index is 1220. The first-order valence-corrected chi connectivity index (χ1v) is 10.7. The number of rotatable bonds is 7. The Morgan fingerprint density at radius 1 is 1.13 bits per heavy atom. The van der Waals surface area contributed by atoms with Gasteiger partial charge in [0.05, 0.1) is 35.1 Å². The Kier molecular flexibility index (Phi) is 5.84. The van der Waals surface area contributed by atoms with Crippen LogP contribution < -0.4 is 5.32 Å². The molecule has 0 aliphatic carbocycles. The second-order valence-corrected chi connectivity index (χ2v) is 8.04. The molecule has 7 nitrogen and oxygen atoms in total. The van der Waals surface area contributed by atoms with E-state index in [2.05, 4.69) is 58.6 Å². The van der Waals surface area contributed by atoms with Crippen LogP contribution in [0.1, 0.15) is 52.6 Å². The molecule has 0 unspecified atom stereocenters. The van der Waals surface area contributed by atoms with Crippen LogP contribution in [0.5, 0.6) is 0 Å². The second-order valence-electron chi connectivity index (χ2n) is 8.04. The van der Waals surface area contributed by atoms with Gasteiger partial charge in [0, 0.05) is 18.4 Å². The van der Waals surface area contributed by atoms with Crippen LogP contribution in [-0.4, -0.2) is 30.5 Å². The highest BCUT2D eigenvalue weighted by atomic mass is 16.1. The van der Waals surface area contributed by atoms with Crippen molar-refractivity contribution in [1.82, 2.24) is 24.5 Å². The van der Waals surface area contributed by atoms with Gasteiger partial charge in [-0.25, -0.2) is 9.67 Å². The minimum absolute atomic E-state index is 0.177. The van der Waals surface area contributed by atoms with Crippen molar-refractivity contribution in [3.8, 4) is 0 Å². The second kappa shape index (κ2) is 8.71. The van der Waals surface area contributed by atoms with Crippen LogP contribution in [-0.2, 0) is 13.1 Å². The first kappa shape index (κ1) is 20.8. The number of carbonyl (C=O) groups is 1. The Balaban J connectivity index is 1.57. The number of fused-ring (bicyclic) bond motifs is 1. The van der Waals surface area contributed by atoms with Crippen LogP contribution in [0.3, 0.4) is 0 Å². The fraction of sp³-hybridized carbons (Fsp3) is 0.333. The van der Waals surface area contributed by atoms with Gasteiger partial charge in [-0.2, -0.15) is 10.2 Å². The third kappa shape index (κ3) is 4.50. The van der Waals surface area contributed by atoms with Crippen LogP contribution in [0.4, 0.5) is 5.69 Å². The molecule has 3 aromatic heterocycles. The predicted octanol–water partition coefficient (Wildman–Crippen LogP) is 4.65. The van der Waals surface area contributed by atoms with E-state index in [9.17, 15) is 4.79 Å². The molecule has 4 rings (SSSR count). The summed E-state index contributed by atoms with van der Waals surface area (Å²) < 4.78 is 3.74. The van der Waals surface area contributed by atoms with Gasteiger partial charge in [-0.15, -0.1) is 0 Å². The molecule has 3 heterocycles. The van der Waals surface area contributed by atoms with Crippen molar-refractivity contribution < 1.29 is 4.79 Å². The third-order valence-corrected chi connectivity index (χ3v) is 5.33. The minimum atomic E-state index is -0.177. The molecule has 160 valence electrons. The number of hydrogen-bond acceptors (Lipinski definition) is 4. The number of nitrogens with zero attached hydrogens (tertiary/aromatic N) is 5. The molecule has 7 heteroatoms. The number of anilines is 1. The molecule has 31 heavy (non-hydrogen) atoms.